The number of halogens is 1. The van der Waals surface area contributed by atoms with E-state index in [0.29, 0.717) is 18.8 Å². The SMILES string of the molecule is NC(=O)c1cc(OC2CCCN(C(=O)Nc3ccccc3F)C2)ccn1. The van der Waals surface area contributed by atoms with Crippen LogP contribution in [0, 0.1) is 5.82 Å². The van der Waals surface area contributed by atoms with E-state index in [9.17, 15) is 14.0 Å². The molecule has 136 valence electrons. The maximum absolute atomic E-state index is 13.7. The molecular weight excluding hydrogens is 339 g/mol. The first-order chi connectivity index (χ1) is 12.5. The molecule has 1 aliphatic heterocycles. The summed E-state index contributed by atoms with van der Waals surface area (Å²) in [5.41, 5.74) is 5.47. The van der Waals surface area contributed by atoms with Gasteiger partial charge < -0.3 is 20.7 Å². The van der Waals surface area contributed by atoms with Crippen molar-refractivity contribution in [2.24, 2.45) is 5.73 Å². The Morgan fingerprint density at radius 1 is 1.31 bits per heavy atom. The van der Waals surface area contributed by atoms with Crippen LogP contribution in [0.5, 0.6) is 5.75 Å². The number of urea groups is 1. The highest BCUT2D eigenvalue weighted by Crippen LogP contribution is 2.20. The van der Waals surface area contributed by atoms with Crippen molar-refractivity contribution >= 4 is 17.6 Å². The number of para-hydroxylation sites is 1. The highest BCUT2D eigenvalue weighted by molar-refractivity contribution is 5.91. The molecule has 1 aliphatic rings. The lowest BCUT2D eigenvalue weighted by atomic mass is 10.1. The van der Waals surface area contributed by atoms with E-state index < -0.39 is 11.7 Å². The van der Waals surface area contributed by atoms with Gasteiger partial charge >= 0.3 is 6.03 Å². The fourth-order valence-corrected chi connectivity index (χ4v) is 2.79. The Hall–Kier alpha value is -3.16. The fraction of sp³-hybridized carbons (Fsp3) is 0.278. The van der Waals surface area contributed by atoms with Gasteiger partial charge in [-0.2, -0.15) is 0 Å². The van der Waals surface area contributed by atoms with E-state index in [0.717, 1.165) is 12.8 Å². The Balaban J connectivity index is 1.62. The number of hydrogen-bond acceptors (Lipinski definition) is 4. The number of anilines is 1. The molecule has 1 atom stereocenters. The van der Waals surface area contributed by atoms with Crippen LogP contribution in [-0.4, -0.2) is 41.0 Å². The summed E-state index contributed by atoms with van der Waals surface area (Å²) in [7, 11) is 0. The molecule has 1 aromatic carbocycles. The molecule has 0 radical (unpaired) electrons. The van der Waals surface area contributed by atoms with Crippen LogP contribution in [0.2, 0.25) is 0 Å². The van der Waals surface area contributed by atoms with E-state index in [1.807, 2.05) is 0 Å². The van der Waals surface area contributed by atoms with E-state index in [-0.39, 0.29) is 23.5 Å². The Labute approximate surface area is 150 Å². The standard InChI is InChI=1S/C18H19FN4O3/c19-14-5-1-2-6-15(14)22-18(25)23-9-3-4-13(11-23)26-12-7-8-21-16(10-12)17(20)24/h1-2,5-8,10,13H,3-4,9,11H2,(H2,20,24)(H,22,25). The average Bonchev–Trinajstić information content (AvgIpc) is 2.64. The van der Waals surface area contributed by atoms with Gasteiger partial charge in [0.05, 0.1) is 12.2 Å². The van der Waals surface area contributed by atoms with Crippen molar-refractivity contribution in [1.82, 2.24) is 9.88 Å². The lowest BCUT2D eigenvalue weighted by Gasteiger charge is -2.33. The van der Waals surface area contributed by atoms with Crippen LogP contribution in [0.15, 0.2) is 42.6 Å². The van der Waals surface area contributed by atoms with Crippen molar-refractivity contribution in [3.8, 4) is 5.75 Å². The molecule has 1 aromatic heterocycles. The summed E-state index contributed by atoms with van der Waals surface area (Å²) in [6.07, 6.45) is 2.72. The molecular formula is C18H19FN4O3. The van der Waals surface area contributed by atoms with Gasteiger partial charge in [-0.1, -0.05) is 12.1 Å². The van der Waals surface area contributed by atoms with Gasteiger partial charge in [0.15, 0.2) is 0 Å². The molecule has 0 bridgehead atoms. The molecule has 1 unspecified atom stereocenters. The third-order valence-corrected chi connectivity index (χ3v) is 4.07. The fourth-order valence-electron chi connectivity index (χ4n) is 2.79. The number of primary amides is 1. The van der Waals surface area contributed by atoms with Gasteiger partial charge in [-0.25, -0.2) is 9.18 Å². The highest BCUT2D eigenvalue weighted by Gasteiger charge is 2.25. The monoisotopic (exact) mass is 358 g/mol. The Kier molecular flexibility index (Phi) is 5.31. The van der Waals surface area contributed by atoms with Crippen molar-refractivity contribution in [3.05, 3.63) is 54.1 Å². The zero-order valence-corrected chi connectivity index (χ0v) is 14.0. The number of ether oxygens (including phenoxy) is 1. The molecule has 3 rings (SSSR count). The summed E-state index contributed by atoms with van der Waals surface area (Å²) in [6.45, 7) is 0.914. The van der Waals surface area contributed by atoms with E-state index >= 15 is 0 Å². The number of amides is 3. The first-order valence-corrected chi connectivity index (χ1v) is 8.26. The summed E-state index contributed by atoms with van der Waals surface area (Å²) in [5, 5.41) is 2.57. The number of piperidine rings is 1. The second kappa shape index (κ2) is 7.81. The predicted octanol–water partition coefficient (Wildman–Crippen LogP) is 2.39. The predicted molar refractivity (Wildman–Crippen MR) is 93.4 cm³/mol. The van der Waals surface area contributed by atoms with E-state index in [1.165, 1.54) is 24.4 Å². The molecule has 1 saturated heterocycles. The summed E-state index contributed by atoms with van der Waals surface area (Å²) in [5.74, 6) is -0.651. The number of carbonyl (C=O) groups excluding carboxylic acids is 2. The zero-order valence-electron chi connectivity index (χ0n) is 14.0. The van der Waals surface area contributed by atoms with Crippen molar-refractivity contribution in [1.29, 1.82) is 0 Å². The van der Waals surface area contributed by atoms with Crippen molar-refractivity contribution in [2.45, 2.75) is 18.9 Å². The number of likely N-dealkylation sites (tertiary alicyclic amines) is 1. The maximum atomic E-state index is 13.7. The molecule has 2 heterocycles. The van der Waals surface area contributed by atoms with Crippen molar-refractivity contribution in [3.63, 3.8) is 0 Å². The number of rotatable bonds is 4. The van der Waals surface area contributed by atoms with Crippen molar-refractivity contribution < 1.29 is 18.7 Å². The third-order valence-electron chi connectivity index (χ3n) is 4.07. The van der Waals surface area contributed by atoms with Gasteiger partial charge in [0.1, 0.15) is 23.4 Å². The third kappa shape index (κ3) is 4.27. The van der Waals surface area contributed by atoms with Crippen LogP contribution in [0.4, 0.5) is 14.9 Å². The quantitative estimate of drug-likeness (QED) is 0.877. The smallest absolute Gasteiger partial charge is 0.322 e. The Morgan fingerprint density at radius 3 is 2.88 bits per heavy atom. The number of carbonyl (C=O) groups is 2. The molecule has 26 heavy (non-hydrogen) atoms. The summed E-state index contributed by atoms with van der Waals surface area (Å²) in [6, 6.07) is 8.73. The molecule has 0 aliphatic carbocycles. The number of nitrogens with two attached hydrogens (primary N) is 1. The zero-order chi connectivity index (χ0) is 18.5. The van der Waals surface area contributed by atoms with E-state index in [2.05, 4.69) is 10.3 Å². The van der Waals surface area contributed by atoms with Crippen LogP contribution in [0.3, 0.4) is 0 Å². The van der Waals surface area contributed by atoms with Gasteiger partial charge in [0.25, 0.3) is 5.91 Å². The minimum absolute atomic E-state index is 0.118. The van der Waals surface area contributed by atoms with Crippen LogP contribution in [0.1, 0.15) is 23.3 Å². The maximum Gasteiger partial charge on any atom is 0.322 e. The molecule has 0 spiro atoms. The summed E-state index contributed by atoms with van der Waals surface area (Å²) >= 11 is 0. The average molecular weight is 358 g/mol. The first-order valence-electron chi connectivity index (χ1n) is 8.26. The number of hydrogen-bond donors (Lipinski definition) is 2. The van der Waals surface area contributed by atoms with Gasteiger partial charge in [-0.05, 0) is 31.0 Å². The normalized spacial score (nSPS) is 16.8. The molecule has 3 amide bonds. The van der Waals surface area contributed by atoms with Gasteiger partial charge in [-0.15, -0.1) is 0 Å². The van der Waals surface area contributed by atoms with Gasteiger partial charge in [0.2, 0.25) is 0 Å². The lowest BCUT2D eigenvalue weighted by Crippen LogP contribution is -2.46. The van der Waals surface area contributed by atoms with Crippen LogP contribution < -0.4 is 15.8 Å². The number of nitrogens with zero attached hydrogens (tertiary/aromatic N) is 2. The number of nitrogens with one attached hydrogen (secondary N) is 1. The molecule has 1 fully saturated rings. The van der Waals surface area contributed by atoms with Crippen LogP contribution in [0.25, 0.3) is 0 Å². The number of pyridine rings is 1. The summed E-state index contributed by atoms with van der Waals surface area (Å²) in [4.78, 5) is 29.0. The minimum atomic E-state index is -0.634. The topological polar surface area (TPSA) is 97.6 Å². The van der Waals surface area contributed by atoms with Gasteiger partial charge in [0, 0.05) is 18.8 Å². The second-order valence-corrected chi connectivity index (χ2v) is 5.98. The highest BCUT2D eigenvalue weighted by atomic mass is 19.1. The lowest BCUT2D eigenvalue weighted by molar-refractivity contribution is 0.0989. The van der Waals surface area contributed by atoms with Crippen LogP contribution in [-0.2, 0) is 0 Å². The largest absolute Gasteiger partial charge is 0.488 e. The molecule has 8 heteroatoms. The first kappa shape index (κ1) is 17.7. The summed E-state index contributed by atoms with van der Waals surface area (Å²) < 4.78 is 19.5. The van der Waals surface area contributed by atoms with Gasteiger partial charge in [-0.3, -0.25) is 9.78 Å². The molecule has 2 aromatic rings. The van der Waals surface area contributed by atoms with E-state index in [1.54, 1.807) is 23.1 Å². The number of aromatic nitrogens is 1. The molecule has 0 saturated carbocycles. The van der Waals surface area contributed by atoms with Crippen LogP contribution >= 0.6 is 0 Å². The van der Waals surface area contributed by atoms with Crippen molar-refractivity contribution in [2.75, 3.05) is 18.4 Å². The van der Waals surface area contributed by atoms with E-state index in [4.69, 9.17) is 10.5 Å². The minimum Gasteiger partial charge on any atom is -0.488 e. The molecule has 3 N–H and O–H groups in total. The second-order valence-electron chi connectivity index (χ2n) is 5.98. The molecule has 7 nitrogen and oxygen atoms in total. The Morgan fingerprint density at radius 2 is 2.12 bits per heavy atom. The Bertz CT molecular complexity index is 815. The number of benzene rings is 1.